The molecule has 1 heterocycles. The number of nitrogens with one attached hydrogen (secondary N) is 1. The van der Waals surface area contributed by atoms with Crippen LogP contribution in [0.4, 0.5) is 0 Å². The van der Waals surface area contributed by atoms with Crippen molar-refractivity contribution in [1.29, 1.82) is 0 Å². The summed E-state index contributed by atoms with van der Waals surface area (Å²) >= 11 is 0. The molecule has 0 radical (unpaired) electrons. The Kier molecular flexibility index (Phi) is 10.5. The number of hydrogen-bond acceptors (Lipinski definition) is 3. The van der Waals surface area contributed by atoms with Crippen molar-refractivity contribution in [3.8, 4) is 0 Å². The maximum absolute atomic E-state index is 5.11. The summed E-state index contributed by atoms with van der Waals surface area (Å²) in [6.45, 7) is 6.31. The van der Waals surface area contributed by atoms with Crippen molar-refractivity contribution >= 4 is 29.9 Å². The second kappa shape index (κ2) is 11.5. The zero-order chi connectivity index (χ0) is 15.8. The zero-order valence-electron chi connectivity index (χ0n) is 15.1. The molecule has 0 aromatic heterocycles. The lowest BCUT2D eigenvalue weighted by molar-refractivity contribution is 0.161. The van der Waals surface area contributed by atoms with Gasteiger partial charge < -0.3 is 19.9 Å². The second-order valence-corrected chi connectivity index (χ2v) is 6.83. The highest BCUT2D eigenvalue weighted by Gasteiger charge is 2.35. The van der Waals surface area contributed by atoms with E-state index in [-0.39, 0.29) is 24.0 Å². The van der Waals surface area contributed by atoms with Crippen LogP contribution in [0.1, 0.15) is 32.1 Å². The van der Waals surface area contributed by atoms with Crippen LogP contribution >= 0.6 is 24.0 Å². The standard InChI is InChI=1S/C17H34N4O.HI/c1-18-17(19-9-6-10-20(2)11-12-22-3)21-13-15-7-4-5-8-16(15)14-21;/h15-16H,4-14H2,1-3H3,(H,18,19);1H. The molecule has 6 heteroatoms. The molecule has 2 unspecified atom stereocenters. The molecule has 2 aliphatic rings. The number of aliphatic imine (C=N–C) groups is 1. The Labute approximate surface area is 159 Å². The molecule has 1 N–H and O–H groups in total. The van der Waals surface area contributed by atoms with Crippen molar-refractivity contribution in [2.75, 3.05) is 60.5 Å². The highest BCUT2D eigenvalue weighted by molar-refractivity contribution is 14.0. The molecule has 0 aromatic carbocycles. The minimum atomic E-state index is 0. The summed E-state index contributed by atoms with van der Waals surface area (Å²) in [6.07, 6.45) is 6.83. The molecule has 1 aliphatic heterocycles. The van der Waals surface area contributed by atoms with Crippen molar-refractivity contribution in [3.05, 3.63) is 0 Å². The number of halogens is 1. The van der Waals surface area contributed by atoms with Crippen LogP contribution in [0.3, 0.4) is 0 Å². The van der Waals surface area contributed by atoms with Crippen LogP contribution in [-0.4, -0.2) is 76.3 Å². The number of rotatable bonds is 7. The molecular formula is C17H35IN4O. The van der Waals surface area contributed by atoms with E-state index in [1.54, 1.807) is 7.11 Å². The lowest BCUT2D eigenvalue weighted by Gasteiger charge is -2.22. The Hall–Kier alpha value is -0.0800. The van der Waals surface area contributed by atoms with E-state index in [0.29, 0.717) is 0 Å². The molecule has 23 heavy (non-hydrogen) atoms. The summed E-state index contributed by atoms with van der Waals surface area (Å²) in [5, 5.41) is 3.55. The number of nitrogens with zero attached hydrogens (tertiary/aromatic N) is 3. The Bertz CT molecular complexity index is 339. The second-order valence-electron chi connectivity index (χ2n) is 6.83. The van der Waals surface area contributed by atoms with E-state index >= 15 is 0 Å². The summed E-state index contributed by atoms with van der Waals surface area (Å²) in [5.41, 5.74) is 0. The molecule has 0 bridgehead atoms. The molecular weight excluding hydrogens is 403 g/mol. The first-order valence-corrected chi connectivity index (χ1v) is 8.87. The summed E-state index contributed by atoms with van der Waals surface area (Å²) in [4.78, 5) is 9.29. The lowest BCUT2D eigenvalue weighted by atomic mass is 9.82. The van der Waals surface area contributed by atoms with Crippen LogP contribution in [0.25, 0.3) is 0 Å². The average molecular weight is 438 g/mol. The third kappa shape index (κ3) is 6.74. The van der Waals surface area contributed by atoms with Crippen molar-refractivity contribution in [2.45, 2.75) is 32.1 Å². The van der Waals surface area contributed by atoms with Crippen LogP contribution in [-0.2, 0) is 4.74 Å². The zero-order valence-corrected chi connectivity index (χ0v) is 17.4. The normalized spacial score (nSPS) is 24.5. The van der Waals surface area contributed by atoms with E-state index in [2.05, 4.69) is 27.2 Å². The number of hydrogen-bond donors (Lipinski definition) is 1. The van der Waals surface area contributed by atoms with E-state index < -0.39 is 0 Å². The van der Waals surface area contributed by atoms with Gasteiger partial charge in [-0.05, 0) is 44.7 Å². The number of ether oxygens (including phenoxy) is 1. The van der Waals surface area contributed by atoms with Gasteiger partial charge in [-0.25, -0.2) is 0 Å². The van der Waals surface area contributed by atoms with Gasteiger partial charge in [-0.2, -0.15) is 0 Å². The van der Waals surface area contributed by atoms with Gasteiger partial charge in [-0.3, -0.25) is 4.99 Å². The molecule has 2 atom stereocenters. The smallest absolute Gasteiger partial charge is 0.193 e. The molecule has 0 spiro atoms. The van der Waals surface area contributed by atoms with Crippen molar-refractivity contribution in [1.82, 2.24) is 15.1 Å². The molecule has 2 fully saturated rings. The summed E-state index contributed by atoms with van der Waals surface area (Å²) < 4.78 is 5.11. The molecule has 136 valence electrons. The summed E-state index contributed by atoms with van der Waals surface area (Å²) in [5.74, 6) is 2.92. The van der Waals surface area contributed by atoms with E-state index in [1.165, 1.54) is 38.8 Å². The Balaban J connectivity index is 0.00000264. The molecule has 0 aromatic rings. The molecule has 2 rings (SSSR count). The first-order chi connectivity index (χ1) is 10.7. The van der Waals surface area contributed by atoms with Gasteiger partial charge in [0.15, 0.2) is 5.96 Å². The fourth-order valence-electron chi connectivity index (χ4n) is 3.82. The molecule has 5 nitrogen and oxygen atoms in total. The van der Waals surface area contributed by atoms with Gasteiger partial charge in [0, 0.05) is 40.3 Å². The number of methoxy groups -OCH3 is 1. The molecule has 1 saturated heterocycles. The van der Waals surface area contributed by atoms with Gasteiger partial charge >= 0.3 is 0 Å². The quantitative estimate of drug-likeness (QED) is 0.287. The largest absolute Gasteiger partial charge is 0.383 e. The third-order valence-corrected chi connectivity index (χ3v) is 5.16. The third-order valence-electron chi connectivity index (χ3n) is 5.16. The fraction of sp³-hybridized carbons (Fsp3) is 0.941. The molecule has 1 aliphatic carbocycles. The Morgan fingerprint density at radius 1 is 1.22 bits per heavy atom. The molecule has 1 saturated carbocycles. The van der Waals surface area contributed by atoms with Gasteiger partial charge in [-0.15, -0.1) is 24.0 Å². The van der Waals surface area contributed by atoms with E-state index in [4.69, 9.17) is 4.74 Å². The van der Waals surface area contributed by atoms with Crippen LogP contribution in [0.15, 0.2) is 4.99 Å². The van der Waals surface area contributed by atoms with E-state index in [1.807, 2.05) is 7.05 Å². The predicted molar refractivity (Wildman–Crippen MR) is 108 cm³/mol. The number of likely N-dealkylation sites (tertiary alicyclic amines) is 1. The van der Waals surface area contributed by atoms with Crippen LogP contribution in [0, 0.1) is 11.8 Å². The highest BCUT2D eigenvalue weighted by atomic mass is 127. The monoisotopic (exact) mass is 438 g/mol. The molecule has 0 amide bonds. The summed E-state index contributed by atoms with van der Waals surface area (Å²) in [7, 11) is 5.82. The number of fused-ring (bicyclic) bond motifs is 1. The van der Waals surface area contributed by atoms with E-state index in [0.717, 1.165) is 50.5 Å². The first-order valence-electron chi connectivity index (χ1n) is 8.87. The SMILES string of the molecule is CN=C(NCCCN(C)CCOC)N1CC2CCCCC2C1.I. The van der Waals surface area contributed by atoms with Crippen molar-refractivity contribution in [2.24, 2.45) is 16.8 Å². The minimum absolute atomic E-state index is 0. The fourth-order valence-corrected chi connectivity index (χ4v) is 3.82. The van der Waals surface area contributed by atoms with Crippen molar-refractivity contribution in [3.63, 3.8) is 0 Å². The summed E-state index contributed by atoms with van der Waals surface area (Å²) in [6, 6.07) is 0. The topological polar surface area (TPSA) is 40.1 Å². The Morgan fingerprint density at radius 2 is 1.87 bits per heavy atom. The predicted octanol–water partition coefficient (Wildman–Crippen LogP) is 2.27. The average Bonchev–Trinajstić information content (AvgIpc) is 2.96. The van der Waals surface area contributed by atoms with E-state index in [9.17, 15) is 0 Å². The maximum Gasteiger partial charge on any atom is 0.193 e. The van der Waals surface area contributed by atoms with Crippen LogP contribution in [0.5, 0.6) is 0 Å². The van der Waals surface area contributed by atoms with Crippen LogP contribution < -0.4 is 5.32 Å². The van der Waals surface area contributed by atoms with Crippen LogP contribution in [0.2, 0.25) is 0 Å². The van der Waals surface area contributed by atoms with Gasteiger partial charge in [0.25, 0.3) is 0 Å². The minimum Gasteiger partial charge on any atom is -0.383 e. The van der Waals surface area contributed by atoms with Gasteiger partial charge in [0.2, 0.25) is 0 Å². The van der Waals surface area contributed by atoms with Gasteiger partial charge in [0.1, 0.15) is 0 Å². The highest BCUT2D eigenvalue weighted by Crippen LogP contribution is 2.35. The number of likely N-dealkylation sites (N-methyl/N-ethyl adjacent to an activating group) is 1. The number of guanidine groups is 1. The van der Waals surface area contributed by atoms with Gasteiger partial charge in [0.05, 0.1) is 6.61 Å². The van der Waals surface area contributed by atoms with Gasteiger partial charge in [-0.1, -0.05) is 12.8 Å². The van der Waals surface area contributed by atoms with Crippen molar-refractivity contribution < 1.29 is 4.74 Å². The Morgan fingerprint density at radius 3 is 2.43 bits per heavy atom. The lowest BCUT2D eigenvalue weighted by Crippen LogP contribution is -2.41. The first kappa shape index (κ1) is 21.0. The maximum atomic E-state index is 5.11.